The van der Waals surface area contributed by atoms with Crippen LogP contribution >= 0.6 is 0 Å². The first-order valence-corrected chi connectivity index (χ1v) is 7.16. The number of hydrogen-bond donors (Lipinski definition) is 1. The number of rotatable bonds is 9. The number of likely N-dealkylation sites (N-methyl/N-ethyl adjacent to an activating group) is 1. The lowest BCUT2D eigenvalue weighted by atomic mass is 10.3. The third-order valence-corrected chi connectivity index (χ3v) is 3.29. The summed E-state index contributed by atoms with van der Waals surface area (Å²) in [5.41, 5.74) is 0.955. The molecule has 1 aliphatic carbocycles. The van der Waals surface area contributed by atoms with Crippen molar-refractivity contribution in [1.29, 1.82) is 0 Å². The first-order valence-electron chi connectivity index (χ1n) is 7.16. The molecule has 1 aliphatic rings. The van der Waals surface area contributed by atoms with Crippen molar-refractivity contribution in [2.75, 3.05) is 26.7 Å². The summed E-state index contributed by atoms with van der Waals surface area (Å²) in [6.45, 7) is 5.55. The molecule has 0 bridgehead atoms. The first-order chi connectivity index (χ1) is 9.29. The smallest absolute Gasteiger partial charge is 0.233 e. The van der Waals surface area contributed by atoms with Crippen molar-refractivity contribution >= 4 is 0 Å². The Morgan fingerprint density at radius 2 is 2.21 bits per heavy atom. The van der Waals surface area contributed by atoms with Crippen LogP contribution in [0.5, 0.6) is 5.88 Å². The molecule has 0 atom stereocenters. The van der Waals surface area contributed by atoms with E-state index in [0.717, 1.165) is 37.8 Å². The summed E-state index contributed by atoms with van der Waals surface area (Å²) in [6.07, 6.45) is 3.79. The highest BCUT2D eigenvalue weighted by Crippen LogP contribution is 2.24. The minimum absolute atomic E-state index is 0.614. The highest BCUT2D eigenvalue weighted by molar-refractivity contribution is 5.11. The highest BCUT2D eigenvalue weighted by Gasteiger charge is 2.25. The summed E-state index contributed by atoms with van der Waals surface area (Å²) < 4.78 is 5.60. The van der Waals surface area contributed by atoms with E-state index in [1.54, 1.807) is 0 Å². The molecule has 2 rings (SSSR count). The van der Waals surface area contributed by atoms with Crippen molar-refractivity contribution in [3.8, 4) is 5.88 Å². The zero-order chi connectivity index (χ0) is 13.5. The molecule has 0 amide bonds. The molecule has 0 saturated heterocycles. The van der Waals surface area contributed by atoms with Crippen LogP contribution in [0.15, 0.2) is 12.1 Å². The highest BCUT2D eigenvalue weighted by atomic mass is 16.5. The molecule has 5 heteroatoms. The Morgan fingerprint density at radius 1 is 1.37 bits per heavy atom. The maximum atomic E-state index is 5.60. The molecule has 1 aromatic rings. The van der Waals surface area contributed by atoms with Gasteiger partial charge < -0.3 is 15.0 Å². The predicted octanol–water partition coefficient (Wildman–Crippen LogP) is 1.45. The van der Waals surface area contributed by atoms with Crippen LogP contribution in [0.1, 0.15) is 31.9 Å². The topological polar surface area (TPSA) is 50.3 Å². The molecule has 1 N–H and O–H groups in total. The van der Waals surface area contributed by atoms with Crippen LogP contribution in [0.25, 0.3) is 0 Å². The number of aromatic nitrogens is 2. The third kappa shape index (κ3) is 5.12. The summed E-state index contributed by atoms with van der Waals surface area (Å²) in [7, 11) is 2.15. The fourth-order valence-electron chi connectivity index (χ4n) is 1.90. The molecule has 0 aliphatic heterocycles. The molecule has 1 fully saturated rings. The third-order valence-electron chi connectivity index (χ3n) is 3.29. The Hall–Kier alpha value is -1.20. The van der Waals surface area contributed by atoms with Crippen molar-refractivity contribution in [3.05, 3.63) is 17.8 Å². The number of nitrogens with zero attached hydrogens (tertiary/aromatic N) is 3. The van der Waals surface area contributed by atoms with Crippen molar-refractivity contribution < 1.29 is 4.74 Å². The van der Waals surface area contributed by atoms with Crippen LogP contribution < -0.4 is 10.1 Å². The lowest BCUT2D eigenvalue weighted by molar-refractivity contribution is 0.225. The van der Waals surface area contributed by atoms with Crippen LogP contribution in [-0.4, -0.2) is 47.9 Å². The zero-order valence-corrected chi connectivity index (χ0v) is 11.9. The van der Waals surface area contributed by atoms with E-state index in [4.69, 9.17) is 4.74 Å². The molecule has 0 unspecified atom stereocenters. The van der Waals surface area contributed by atoms with Crippen LogP contribution in [0, 0.1) is 0 Å². The lowest BCUT2D eigenvalue weighted by Crippen LogP contribution is -2.26. The number of hydrogen-bond acceptors (Lipinski definition) is 5. The molecule has 1 aromatic heterocycles. The van der Waals surface area contributed by atoms with Crippen LogP contribution in [0.2, 0.25) is 0 Å². The lowest BCUT2D eigenvalue weighted by Gasteiger charge is -2.15. The predicted molar refractivity (Wildman–Crippen MR) is 75.2 cm³/mol. The van der Waals surface area contributed by atoms with E-state index in [9.17, 15) is 0 Å². The van der Waals surface area contributed by atoms with Gasteiger partial charge in [0.2, 0.25) is 5.88 Å². The molecule has 1 heterocycles. The minimum atomic E-state index is 0.614. The van der Waals surface area contributed by atoms with Gasteiger partial charge in [-0.3, -0.25) is 0 Å². The van der Waals surface area contributed by atoms with E-state index < -0.39 is 0 Å². The number of nitrogens with one attached hydrogen (secondary N) is 1. The maximum absolute atomic E-state index is 5.60. The van der Waals surface area contributed by atoms with Gasteiger partial charge in [-0.15, -0.1) is 5.10 Å². The van der Waals surface area contributed by atoms with Crippen molar-refractivity contribution in [2.45, 2.75) is 38.8 Å². The van der Waals surface area contributed by atoms with Gasteiger partial charge in [0.05, 0.1) is 5.69 Å². The van der Waals surface area contributed by atoms with E-state index >= 15 is 0 Å². The van der Waals surface area contributed by atoms with E-state index in [1.165, 1.54) is 12.8 Å². The molecule has 1 saturated carbocycles. The van der Waals surface area contributed by atoms with Crippen LogP contribution in [0.4, 0.5) is 0 Å². The van der Waals surface area contributed by atoms with Gasteiger partial charge in [-0.05, 0) is 38.9 Å². The summed E-state index contributed by atoms with van der Waals surface area (Å²) >= 11 is 0. The average molecular weight is 264 g/mol. The largest absolute Gasteiger partial charge is 0.475 e. The first kappa shape index (κ1) is 14.2. The van der Waals surface area contributed by atoms with Gasteiger partial charge in [0.25, 0.3) is 0 Å². The maximum Gasteiger partial charge on any atom is 0.233 e. The number of ether oxygens (including phenoxy) is 1. The Kier molecular flexibility index (Phi) is 5.54. The minimum Gasteiger partial charge on any atom is -0.475 e. The Morgan fingerprint density at radius 3 is 2.84 bits per heavy atom. The van der Waals surface area contributed by atoms with E-state index in [0.29, 0.717) is 12.5 Å². The Bertz CT molecular complexity index is 364. The summed E-state index contributed by atoms with van der Waals surface area (Å²) in [5.74, 6) is 0.614. The fraction of sp³-hybridized carbons (Fsp3) is 0.714. The van der Waals surface area contributed by atoms with Crippen molar-refractivity contribution in [3.63, 3.8) is 0 Å². The van der Waals surface area contributed by atoms with Crippen molar-refractivity contribution in [2.24, 2.45) is 0 Å². The van der Waals surface area contributed by atoms with E-state index in [2.05, 4.69) is 34.4 Å². The van der Waals surface area contributed by atoms with E-state index in [-0.39, 0.29) is 0 Å². The quantitative estimate of drug-likeness (QED) is 0.684. The van der Waals surface area contributed by atoms with E-state index in [1.807, 2.05) is 12.1 Å². The molecular weight excluding hydrogens is 240 g/mol. The second kappa shape index (κ2) is 7.40. The summed E-state index contributed by atoms with van der Waals surface area (Å²) in [4.78, 5) is 2.34. The average Bonchev–Trinajstić information content (AvgIpc) is 3.25. The second-order valence-electron chi connectivity index (χ2n) is 5.10. The zero-order valence-electron chi connectivity index (χ0n) is 11.9. The van der Waals surface area contributed by atoms with Gasteiger partial charge in [-0.25, -0.2) is 0 Å². The molecule has 106 valence electrons. The van der Waals surface area contributed by atoms with Gasteiger partial charge in [0, 0.05) is 25.2 Å². The molecule has 0 radical (unpaired) electrons. The van der Waals surface area contributed by atoms with Gasteiger partial charge in [-0.1, -0.05) is 6.92 Å². The fourth-order valence-corrected chi connectivity index (χ4v) is 1.90. The Balaban J connectivity index is 1.66. The normalized spacial score (nSPS) is 14.9. The van der Waals surface area contributed by atoms with Crippen molar-refractivity contribution in [1.82, 2.24) is 20.4 Å². The van der Waals surface area contributed by atoms with Gasteiger partial charge >= 0.3 is 0 Å². The molecule has 5 nitrogen and oxygen atoms in total. The molecular formula is C14H24N4O. The van der Waals surface area contributed by atoms with Gasteiger partial charge in [0.15, 0.2) is 0 Å². The monoisotopic (exact) mass is 264 g/mol. The van der Waals surface area contributed by atoms with Crippen LogP contribution in [-0.2, 0) is 6.54 Å². The molecule has 0 aromatic carbocycles. The molecule has 19 heavy (non-hydrogen) atoms. The van der Waals surface area contributed by atoms with Gasteiger partial charge in [0.1, 0.15) is 6.61 Å². The van der Waals surface area contributed by atoms with Crippen LogP contribution in [0.3, 0.4) is 0 Å². The Labute approximate surface area is 115 Å². The summed E-state index contributed by atoms with van der Waals surface area (Å²) in [5, 5.41) is 11.5. The molecule has 0 spiro atoms. The van der Waals surface area contributed by atoms with Gasteiger partial charge in [-0.2, -0.15) is 5.10 Å². The second-order valence-corrected chi connectivity index (χ2v) is 5.10. The summed E-state index contributed by atoms with van der Waals surface area (Å²) in [6, 6.07) is 4.64. The standard InChI is InChI=1S/C14H24N4O/c1-3-8-15-11-12-4-7-14(17-16-12)19-10-9-18(2)13-5-6-13/h4,7,13,15H,3,5-6,8-11H2,1-2H3. The SMILES string of the molecule is CCCNCc1ccc(OCCN(C)C2CC2)nn1.